The van der Waals surface area contributed by atoms with Gasteiger partial charge >= 0.3 is 0 Å². The molecule has 0 aliphatic carbocycles. The van der Waals surface area contributed by atoms with E-state index in [0.717, 1.165) is 12.0 Å². The molecule has 0 heterocycles. The minimum atomic E-state index is 0.0509. The van der Waals surface area contributed by atoms with Gasteiger partial charge in [0.05, 0.1) is 0 Å². The van der Waals surface area contributed by atoms with E-state index in [1.165, 1.54) is 12.8 Å². The highest BCUT2D eigenvalue weighted by Gasteiger charge is 2.23. The maximum atomic E-state index is 8.81. The molecule has 0 aliphatic heterocycles. The van der Waals surface area contributed by atoms with E-state index < -0.39 is 0 Å². The Bertz CT molecular complexity index is 305. The number of unbranched alkanes of at least 4 members (excludes halogenated alkanes) is 1. The molecule has 0 aliphatic rings. The highest BCUT2D eigenvalue weighted by molar-refractivity contribution is 5.38. The molecule has 0 saturated heterocycles. The summed E-state index contributed by atoms with van der Waals surface area (Å²) in [7, 11) is 0. The van der Waals surface area contributed by atoms with Crippen molar-refractivity contribution in [2.45, 2.75) is 45.4 Å². The van der Waals surface area contributed by atoms with Crippen LogP contribution in [0.5, 0.6) is 5.75 Å². The minimum absolute atomic E-state index is 0.0509. The molecule has 0 aromatic heterocycles. The molecule has 1 N–H and O–H groups in total. The zero-order chi connectivity index (χ0) is 11.3. The standard InChI is InChI=1S/C13H20O2/c1-4-5-10-13(2,3)11-8-6-7-9-12(11)15-14/h6-9,14H,4-5,10H2,1-3H3. The van der Waals surface area contributed by atoms with Crippen LogP contribution in [0, 0.1) is 0 Å². The fourth-order valence-corrected chi connectivity index (χ4v) is 1.86. The first kappa shape index (κ1) is 12.1. The highest BCUT2D eigenvalue weighted by atomic mass is 17.1. The van der Waals surface area contributed by atoms with Crippen LogP contribution in [0.15, 0.2) is 24.3 Å². The second-order valence-corrected chi connectivity index (χ2v) is 4.57. The van der Waals surface area contributed by atoms with Gasteiger partial charge in [-0.25, -0.2) is 5.26 Å². The van der Waals surface area contributed by atoms with Gasteiger partial charge in [0, 0.05) is 5.56 Å². The lowest BCUT2D eigenvalue weighted by Crippen LogP contribution is -2.18. The molecule has 1 rings (SSSR count). The quantitative estimate of drug-likeness (QED) is 0.585. The molecule has 1 aromatic rings. The Morgan fingerprint density at radius 1 is 1.27 bits per heavy atom. The van der Waals surface area contributed by atoms with Crippen molar-refractivity contribution in [3.63, 3.8) is 0 Å². The summed E-state index contributed by atoms with van der Waals surface area (Å²) in [5.41, 5.74) is 1.12. The summed E-state index contributed by atoms with van der Waals surface area (Å²) in [6.07, 6.45) is 3.47. The summed E-state index contributed by atoms with van der Waals surface area (Å²) in [5, 5.41) is 8.81. The third-order valence-corrected chi connectivity index (χ3v) is 2.87. The van der Waals surface area contributed by atoms with Crippen LogP contribution in [0.4, 0.5) is 0 Å². The Kier molecular flexibility index (Phi) is 4.15. The third-order valence-electron chi connectivity index (χ3n) is 2.87. The van der Waals surface area contributed by atoms with Crippen molar-refractivity contribution in [1.29, 1.82) is 0 Å². The zero-order valence-corrected chi connectivity index (χ0v) is 9.79. The van der Waals surface area contributed by atoms with Crippen molar-refractivity contribution >= 4 is 0 Å². The first-order chi connectivity index (χ1) is 7.11. The molecule has 0 fully saturated rings. The van der Waals surface area contributed by atoms with E-state index in [-0.39, 0.29) is 5.41 Å². The highest BCUT2D eigenvalue weighted by Crippen LogP contribution is 2.35. The van der Waals surface area contributed by atoms with Crippen molar-refractivity contribution in [1.82, 2.24) is 0 Å². The summed E-state index contributed by atoms with van der Waals surface area (Å²) in [4.78, 5) is 4.41. The summed E-state index contributed by atoms with van der Waals surface area (Å²) < 4.78 is 0. The van der Waals surface area contributed by atoms with Crippen LogP contribution >= 0.6 is 0 Å². The van der Waals surface area contributed by atoms with E-state index in [4.69, 9.17) is 5.26 Å². The third kappa shape index (κ3) is 2.96. The van der Waals surface area contributed by atoms with Crippen molar-refractivity contribution in [2.75, 3.05) is 0 Å². The zero-order valence-electron chi connectivity index (χ0n) is 9.79. The fourth-order valence-electron chi connectivity index (χ4n) is 1.86. The van der Waals surface area contributed by atoms with Gasteiger partial charge in [0.25, 0.3) is 0 Å². The fraction of sp³-hybridized carbons (Fsp3) is 0.538. The minimum Gasteiger partial charge on any atom is -0.340 e. The van der Waals surface area contributed by atoms with E-state index in [2.05, 4.69) is 25.7 Å². The molecule has 0 radical (unpaired) electrons. The number of hydrogen-bond donors (Lipinski definition) is 1. The Hall–Kier alpha value is -1.02. The molecule has 0 saturated carbocycles. The molecule has 15 heavy (non-hydrogen) atoms. The van der Waals surface area contributed by atoms with E-state index in [1.54, 1.807) is 6.07 Å². The largest absolute Gasteiger partial charge is 0.340 e. The number of para-hydroxylation sites is 1. The Labute approximate surface area is 91.8 Å². The van der Waals surface area contributed by atoms with Gasteiger partial charge in [-0.2, -0.15) is 0 Å². The molecular formula is C13H20O2. The number of benzene rings is 1. The van der Waals surface area contributed by atoms with Crippen LogP contribution < -0.4 is 4.89 Å². The normalized spacial score (nSPS) is 11.5. The lowest BCUT2D eigenvalue weighted by Gasteiger charge is -2.26. The van der Waals surface area contributed by atoms with Gasteiger partial charge in [-0.1, -0.05) is 51.8 Å². The summed E-state index contributed by atoms with van der Waals surface area (Å²) >= 11 is 0. The van der Waals surface area contributed by atoms with Crippen LogP contribution in [0.1, 0.15) is 45.6 Å². The van der Waals surface area contributed by atoms with E-state index in [9.17, 15) is 0 Å². The van der Waals surface area contributed by atoms with Gasteiger partial charge in [0.15, 0.2) is 5.75 Å². The van der Waals surface area contributed by atoms with Crippen molar-refractivity contribution in [3.05, 3.63) is 29.8 Å². The van der Waals surface area contributed by atoms with Crippen LogP contribution in [0.3, 0.4) is 0 Å². The van der Waals surface area contributed by atoms with Gasteiger partial charge in [-0.05, 0) is 17.9 Å². The van der Waals surface area contributed by atoms with E-state index >= 15 is 0 Å². The molecule has 0 spiro atoms. The average Bonchev–Trinajstić information content (AvgIpc) is 2.26. The van der Waals surface area contributed by atoms with Crippen LogP contribution in [-0.4, -0.2) is 5.26 Å². The SMILES string of the molecule is CCCCC(C)(C)c1ccccc1OO. The van der Waals surface area contributed by atoms with Crippen LogP contribution in [-0.2, 0) is 5.41 Å². The average molecular weight is 208 g/mol. The molecule has 84 valence electrons. The van der Waals surface area contributed by atoms with Crippen LogP contribution in [0.25, 0.3) is 0 Å². The van der Waals surface area contributed by atoms with E-state index in [1.807, 2.05) is 18.2 Å². The van der Waals surface area contributed by atoms with Gasteiger partial charge in [0.2, 0.25) is 0 Å². The van der Waals surface area contributed by atoms with Gasteiger partial charge in [-0.15, -0.1) is 0 Å². The predicted octanol–water partition coefficient (Wildman–Crippen LogP) is 4.01. The smallest absolute Gasteiger partial charge is 0.168 e. The summed E-state index contributed by atoms with van der Waals surface area (Å²) in [6.45, 7) is 6.55. The monoisotopic (exact) mass is 208 g/mol. The molecular weight excluding hydrogens is 188 g/mol. The molecule has 0 unspecified atom stereocenters. The maximum absolute atomic E-state index is 8.81. The summed E-state index contributed by atoms with van der Waals surface area (Å²) in [5.74, 6) is 0.568. The second kappa shape index (κ2) is 5.17. The van der Waals surface area contributed by atoms with Gasteiger partial charge in [-0.3, -0.25) is 0 Å². The van der Waals surface area contributed by atoms with Crippen molar-refractivity contribution in [2.24, 2.45) is 0 Å². The van der Waals surface area contributed by atoms with Gasteiger partial charge < -0.3 is 4.89 Å². The van der Waals surface area contributed by atoms with Crippen molar-refractivity contribution < 1.29 is 10.1 Å². The molecule has 1 aromatic carbocycles. The van der Waals surface area contributed by atoms with Crippen molar-refractivity contribution in [3.8, 4) is 5.75 Å². The second-order valence-electron chi connectivity index (χ2n) is 4.57. The van der Waals surface area contributed by atoms with E-state index in [0.29, 0.717) is 5.75 Å². The Morgan fingerprint density at radius 2 is 1.93 bits per heavy atom. The number of hydrogen-bond acceptors (Lipinski definition) is 2. The van der Waals surface area contributed by atoms with Gasteiger partial charge in [0.1, 0.15) is 0 Å². The first-order valence-electron chi connectivity index (χ1n) is 5.52. The summed E-state index contributed by atoms with van der Waals surface area (Å²) in [6, 6.07) is 7.65. The Morgan fingerprint density at radius 3 is 2.53 bits per heavy atom. The lowest BCUT2D eigenvalue weighted by molar-refractivity contribution is -0.139. The maximum Gasteiger partial charge on any atom is 0.168 e. The first-order valence-corrected chi connectivity index (χ1v) is 5.52. The Balaban J connectivity index is 2.92. The lowest BCUT2D eigenvalue weighted by atomic mass is 9.80. The molecule has 0 amide bonds. The topological polar surface area (TPSA) is 29.5 Å². The number of rotatable bonds is 5. The molecule has 0 bridgehead atoms. The molecule has 0 atom stereocenters. The molecule has 2 nitrogen and oxygen atoms in total. The predicted molar refractivity (Wildman–Crippen MR) is 62.2 cm³/mol. The molecule has 2 heteroatoms. The van der Waals surface area contributed by atoms with Crippen LogP contribution in [0.2, 0.25) is 0 Å².